The lowest BCUT2D eigenvalue weighted by atomic mass is 10.2. The molecule has 3 heteroatoms. The Balaban J connectivity index is 2.93. The average molecular weight is 264 g/mol. The number of halogens is 1. The molecule has 0 spiro atoms. The Morgan fingerprint density at radius 1 is 1.73 bits per heavy atom. The fourth-order valence-electron chi connectivity index (χ4n) is 1.07. The van der Waals surface area contributed by atoms with E-state index in [0.29, 0.717) is 6.04 Å². The van der Waals surface area contributed by atoms with E-state index in [1.54, 1.807) is 0 Å². The van der Waals surface area contributed by atoms with Crippen LogP contribution in [-0.2, 0) is 0 Å². The lowest BCUT2D eigenvalue weighted by Crippen LogP contribution is -2.07. The summed E-state index contributed by atoms with van der Waals surface area (Å²) in [6, 6.07) is 2.63. The molecule has 1 aromatic rings. The first kappa shape index (κ1) is 9.03. The molecule has 0 bridgehead atoms. The van der Waals surface area contributed by atoms with Crippen molar-refractivity contribution in [3.63, 3.8) is 0 Å². The Kier molecular flexibility index (Phi) is 2.92. The normalized spacial score (nSPS) is 13.5. The van der Waals surface area contributed by atoms with Gasteiger partial charge in [0.25, 0.3) is 0 Å². The maximum atomic E-state index is 4.38. The van der Waals surface area contributed by atoms with Gasteiger partial charge in [-0.1, -0.05) is 6.92 Å². The zero-order valence-corrected chi connectivity index (χ0v) is 9.29. The monoisotopic (exact) mass is 264 g/mol. The molecule has 0 aromatic carbocycles. The molecule has 11 heavy (non-hydrogen) atoms. The van der Waals surface area contributed by atoms with Gasteiger partial charge in [-0.25, -0.2) is 0 Å². The van der Waals surface area contributed by atoms with Crippen LogP contribution in [0.5, 0.6) is 0 Å². The van der Waals surface area contributed by atoms with Crippen molar-refractivity contribution in [2.24, 2.45) is 0 Å². The molecule has 0 N–H and O–H groups in total. The minimum absolute atomic E-state index is 0.526. The molecule has 1 atom stereocenters. The van der Waals surface area contributed by atoms with Crippen LogP contribution in [-0.4, -0.2) is 9.78 Å². The van der Waals surface area contributed by atoms with Crippen molar-refractivity contribution >= 4 is 22.6 Å². The Morgan fingerprint density at radius 2 is 2.36 bits per heavy atom. The van der Waals surface area contributed by atoms with E-state index in [0.717, 1.165) is 10.1 Å². The first-order valence-electron chi connectivity index (χ1n) is 3.86. The summed E-state index contributed by atoms with van der Waals surface area (Å²) in [4.78, 5) is 0. The first-order chi connectivity index (χ1) is 5.15. The third-order valence-corrected chi connectivity index (χ3v) is 2.43. The van der Waals surface area contributed by atoms with E-state index in [1.807, 2.05) is 0 Å². The van der Waals surface area contributed by atoms with Gasteiger partial charge in [0.2, 0.25) is 0 Å². The van der Waals surface area contributed by atoms with E-state index in [9.17, 15) is 0 Å². The molecule has 0 fully saturated rings. The maximum absolute atomic E-state index is 4.38. The second kappa shape index (κ2) is 3.56. The Bertz CT molecular complexity index is 242. The number of nitrogens with zero attached hydrogens (tertiary/aromatic N) is 2. The van der Waals surface area contributed by atoms with Gasteiger partial charge in [0, 0.05) is 11.7 Å². The standard InChI is InChI=1S/C8H13IN2/c1-4-6(2)11-7(3)5-8(9)10-11/h5-6H,4H2,1-3H3. The molecule has 0 saturated heterocycles. The second-order valence-electron chi connectivity index (χ2n) is 2.81. The fourth-order valence-corrected chi connectivity index (χ4v) is 1.75. The maximum Gasteiger partial charge on any atom is 0.123 e. The van der Waals surface area contributed by atoms with Crippen molar-refractivity contribution < 1.29 is 0 Å². The molecule has 0 aliphatic rings. The first-order valence-corrected chi connectivity index (χ1v) is 4.94. The molecule has 0 aliphatic carbocycles. The molecule has 0 amide bonds. The summed E-state index contributed by atoms with van der Waals surface area (Å²) in [7, 11) is 0. The molecule has 2 nitrogen and oxygen atoms in total. The van der Waals surface area contributed by atoms with Crippen molar-refractivity contribution in [3.05, 3.63) is 15.5 Å². The lowest BCUT2D eigenvalue weighted by molar-refractivity contribution is 0.465. The van der Waals surface area contributed by atoms with E-state index in [2.05, 4.69) is 59.2 Å². The molecule has 62 valence electrons. The molecular weight excluding hydrogens is 251 g/mol. The van der Waals surface area contributed by atoms with Crippen LogP contribution in [0.2, 0.25) is 0 Å². The van der Waals surface area contributed by atoms with Crippen molar-refractivity contribution in [2.75, 3.05) is 0 Å². The van der Waals surface area contributed by atoms with Crippen LogP contribution in [0.3, 0.4) is 0 Å². The van der Waals surface area contributed by atoms with Gasteiger partial charge >= 0.3 is 0 Å². The summed E-state index contributed by atoms with van der Waals surface area (Å²) >= 11 is 2.24. The predicted octanol–water partition coefficient (Wildman–Crippen LogP) is 2.77. The highest BCUT2D eigenvalue weighted by atomic mass is 127. The van der Waals surface area contributed by atoms with Crippen LogP contribution >= 0.6 is 22.6 Å². The van der Waals surface area contributed by atoms with E-state index >= 15 is 0 Å². The van der Waals surface area contributed by atoms with Crippen LogP contribution in [0, 0.1) is 10.6 Å². The quantitative estimate of drug-likeness (QED) is 0.751. The number of rotatable bonds is 2. The van der Waals surface area contributed by atoms with Crippen LogP contribution < -0.4 is 0 Å². The highest BCUT2D eigenvalue weighted by Gasteiger charge is 2.06. The molecule has 1 unspecified atom stereocenters. The Labute approximate surface area is 81.1 Å². The largest absolute Gasteiger partial charge is 0.266 e. The Morgan fingerprint density at radius 3 is 2.73 bits per heavy atom. The van der Waals surface area contributed by atoms with Crippen molar-refractivity contribution in [2.45, 2.75) is 33.2 Å². The van der Waals surface area contributed by atoms with Crippen LogP contribution in [0.25, 0.3) is 0 Å². The molecule has 0 saturated carbocycles. The SMILES string of the molecule is CCC(C)n1nc(I)cc1C. The highest BCUT2D eigenvalue weighted by molar-refractivity contribution is 14.1. The zero-order valence-electron chi connectivity index (χ0n) is 7.13. The van der Waals surface area contributed by atoms with Gasteiger partial charge in [-0.3, -0.25) is 4.68 Å². The topological polar surface area (TPSA) is 17.8 Å². The summed E-state index contributed by atoms with van der Waals surface area (Å²) < 4.78 is 3.17. The highest BCUT2D eigenvalue weighted by Crippen LogP contribution is 2.14. The molecule has 0 radical (unpaired) electrons. The van der Waals surface area contributed by atoms with Gasteiger partial charge in [-0.05, 0) is 48.9 Å². The summed E-state index contributed by atoms with van der Waals surface area (Å²) in [5.74, 6) is 0. The van der Waals surface area contributed by atoms with Crippen molar-refractivity contribution in [1.29, 1.82) is 0 Å². The molecular formula is C8H13IN2. The van der Waals surface area contributed by atoms with E-state index in [-0.39, 0.29) is 0 Å². The second-order valence-corrected chi connectivity index (χ2v) is 3.92. The third-order valence-electron chi connectivity index (χ3n) is 1.90. The number of aromatic nitrogens is 2. The van der Waals surface area contributed by atoms with E-state index in [4.69, 9.17) is 0 Å². The van der Waals surface area contributed by atoms with Crippen molar-refractivity contribution in [3.8, 4) is 0 Å². The van der Waals surface area contributed by atoms with Gasteiger partial charge in [0.1, 0.15) is 3.70 Å². The molecule has 0 aliphatic heterocycles. The zero-order chi connectivity index (χ0) is 8.43. The summed E-state index contributed by atoms with van der Waals surface area (Å²) in [6.07, 6.45) is 1.14. The van der Waals surface area contributed by atoms with E-state index in [1.165, 1.54) is 5.69 Å². The third kappa shape index (κ3) is 1.95. The Hall–Kier alpha value is -0.0600. The van der Waals surface area contributed by atoms with Gasteiger partial charge < -0.3 is 0 Å². The number of hydrogen-bond acceptors (Lipinski definition) is 1. The van der Waals surface area contributed by atoms with Crippen molar-refractivity contribution in [1.82, 2.24) is 9.78 Å². The summed E-state index contributed by atoms with van der Waals surface area (Å²) in [5, 5.41) is 4.38. The van der Waals surface area contributed by atoms with Gasteiger partial charge in [0.05, 0.1) is 0 Å². The minimum Gasteiger partial charge on any atom is -0.266 e. The van der Waals surface area contributed by atoms with Crippen LogP contribution in [0.15, 0.2) is 6.07 Å². The predicted molar refractivity (Wildman–Crippen MR) is 54.7 cm³/mol. The van der Waals surface area contributed by atoms with Crippen LogP contribution in [0.4, 0.5) is 0 Å². The number of hydrogen-bond donors (Lipinski definition) is 0. The fraction of sp³-hybridized carbons (Fsp3) is 0.625. The molecule has 1 rings (SSSR count). The summed E-state index contributed by atoms with van der Waals surface area (Å²) in [5.41, 5.74) is 1.25. The average Bonchev–Trinajstić information content (AvgIpc) is 2.28. The van der Waals surface area contributed by atoms with Gasteiger partial charge in [-0.15, -0.1) is 0 Å². The smallest absolute Gasteiger partial charge is 0.123 e. The number of aryl methyl sites for hydroxylation is 1. The van der Waals surface area contributed by atoms with Crippen LogP contribution in [0.1, 0.15) is 32.0 Å². The van der Waals surface area contributed by atoms with Gasteiger partial charge in [-0.2, -0.15) is 5.10 Å². The molecule has 1 aromatic heterocycles. The summed E-state index contributed by atoms with van der Waals surface area (Å²) in [6.45, 7) is 6.47. The molecule has 1 heterocycles. The van der Waals surface area contributed by atoms with Gasteiger partial charge in [0.15, 0.2) is 0 Å². The van der Waals surface area contributed by atoms with E-state index < -0.39 is 0 Å². The lowest BCUT2D eigenvalue weighted by Gasteiger charge is -2.10. The minimum atomic E-state index is 0.526.